The van der Waals surface area contributed by atoms with E-state index in [4.69, 9.17) is 14.5 Å². The Morgan fingerprint density at radius 1 is 0.982 bits per heavy atom. The van der Waals surface area contributed by atoms with Crippen LogP contribution in [0, 0.1) is 11.8 Å². The second-order valence-electron chi connectivity index (χ2n) is 16.4. The van der Waals surface area contributed by atoms with E-state index in [-0.39, 0.29) is 53.8 Å². The van der Waals surface area contributed by atoms with Gasteiger partial charge >= 0.3 is 5.97 Å². The Labute approximate surface area is 326 Å². The van der Waals surface area contributed by atoms with Crippen LogP contribution in [0.2, 0.25) is 0 Å². The maximum Gasteiger partial charge on any atom is 0.328 e. The molecule has 13 heteroatoms. The number of nitrogens with zero attached hydrogens (tertiary/aromatic N) is 4. The molecular formula is C42H61N7O6. The van der Waals surface area contributed by atoms with Gasteiger partial charge in [0.2, 0.25) is 17.8 Å². The molecule has 1 aliphatic heterocycles. The summed E-state index contributed by atoms with van der Waals surface area (Å²) in [7, 11) is 3.35. The number of benzene rings is 1. The zero-order valence-electron chi connectivity index (χ0n) is 33.4. The number of nitrogens with one attached hydrogen (secondary N) is 3. The Hall–Kier alpha value is -4.42. The molecule has 3 fully saturated rings. The minimum atomic E-state index is -0.601. The van der Waals surface area contributed by atoms with Gasteiger partial charge in [-0.1, -0.05) is 33.6 Å². The largest absolute Gasteiger partial charge is 0.495 e. The first-order chi connectivity index (χ1) is 26.5. The molecule has 13 nitrogen and oxygen atoms in total. The number of carbonyl (C=O) groups excluding carboxylic acids is 4. The highest BCUT2D eigenvalue weighted by Crippen LogP contribution is 2.40. The van der Waals surface area contributed by atoms with Crippen LogP contribution in [-0.4, -0.2) is 78.1 Å². The summed E-state index contributed by atoms with van der Waals surface area (Å²) in [4.78, 5) is 65.8. The Morgan fingerprint density at radius 3 is 2.36 bits per heavy atom. The predicted molar refractivity (Wildman–Crippen MR) is 213 cm³/mol. The molecule has 300 valence electrons. The number of likely N-dealkylation sites (N-methyl/N-ethyl adjacent to an activating group) is 1. The Balaban J connectivity index is 1.00. The molecular weight excluding hydrogens is 699 g/mol. The number of hydrogen-bond acceptors (Lipinski definition) is 10. The summed E-state index contributed by atoms with van der Waals surface area (Å²) >= 11 is 0. The van der Waals surface area contributed by atoms with Crippen molar-refractivity contribution in [2.24, 2.45) is 11.8 Å². The number of amides is 3. The van der Waals surface area contributed by atoms with Gasteiger partial charge in [-0.3, -0.25) is 14.4 Å². The van der Waals surface area contributed by atoms with E-state index in [0.29, 0.717) is 53.8 Å². The lowest BCUT2D eigenvalue weighted by Crippen LogP contribution is -2.55. The molecule has 1 aromatic carbocycles. The van der Waals surface area contributed by atoms with Crippen LogP contribution >= 0.6 is 0 Å². The number of rotatable bonds is 15. The van der Waals surface area contributed by atoms with E-state index in [1.54, 1.807) is 43.5 Å². The van der Waals surface area contributed by atoms with Crippen LogP contribution in [0.1, 0.15) is 134 Å². The van der Waals surface area contributed by atoms with Gasteiger partial charge in [0.05, 0.1) is 19.0 Å². The van der Waals surface area contributed by atoms with Crippen LogP contribution < -0.4 is 30.5 Å². The van der Waals surface area contributed by atoms with Crippen LogP contribution in [0.4, 0.5) is 23.1 Å². The maximum atomic E-state index is 13.4. The highest BCUT2D eigenvalue weighted by Gasteiger charge is 2.41. The highest BCUT2D eigenvalue weighted by atomic mass is 16.5. The molecule has 6 rings (SSSR count). The quantitative estimate of drug-likeness (QED) is 0.165. The molecule has 0 unspecified atom stereocenters. The van der Waals surface area contributed by atoms with Crippen molar-refractivity contribution < 1.29 is 28.7 Å². The van der Waals surface area contributed by atoms with Gasteiger partial charge in [0, 0.05) is 31.1 Å². The van der Waals surface area contributed by atoms with Gasteiger partial charge in [0.1, 0.15) is 29.6 Å². The van der Waals surface area contributed by atoms with Gasteiger partial charge < -0.3 is 35.2 Å². The van der Waals surface area contributed by atoms with Gasteiger partial charge in [0.25, 0.3) is 5.91 Å². The summed E-state index contributed by atoms with van der Waals surface area (Å²) in [5, 5.41) is 9.46. The molecule has 1 aromatic heterocycles. The third kappa shape index (κ3) is 9.88. The van der Waals surface area contributed by atoms with Crippen LogP contribution in [0.3, 0.4) is 0 Å². The number of esters is 1. The fourth-order valence-electron chi connectivity index (χ4n) is 8.90. The second-order valence-corrected chi connectivity index (χ2v) is 16.4. The summed E-state index contributed by atoms with van der Waals surface area (Å²) in [5.74, 6) is 1.79. The van der Waals surface area contributed by atoms with Crippen molar-refractivity contribution >= 4 is 46.8 Å². The van der Waals surface area contributed by atoms with E-state index < -0.39 is 6.04 Å². The number of hydrogen-bond donors (Lipinski definition) is 3. The molecule has 2 aromatic rings. The molecule has 3 saturated carbocycles. The van der Waals surface area contributed by atoms with E-state index in [2.05, 4.69) is 25.8 Å². The minimum Gasteiger partial charge on any atom is -0.495 e. The lowest BCUT2D eigenvalue weighted by atomic mass is 9.83. The summed E-state index contributed by atoms with van der Waals surface area (Å²) < 4.78 is 11.4. The van der Waals surface area contributed by atoms with Gasteiger partial charge in [-0.2, -0.15) is 4.98 Å². The van der Waals surface area contributed by atoms with Crippen LogP contribution in [-0.2, 0) is 19.1 Å². The average molecular weight is 760 g/mol. The fraction of sp³-hybridized carbons (Fsp3) is 0.667. The molecule has 3 aliphatic carbocycles. The first-order valence-electron chi connectivity index (χ1n) is 20.7. The van der Waals surface area contributed by atoms with Gasteiger partial charge in [-0.25, -0.2) is 9.78 Å². The van der Waals surface area contributed by atoms with Crippen LogP contribution in [0.15, 0.2) is 24.4 Å². The molecule has 0 bridgehead atoms. The highest BCUT2D eigenvalue weighted by molar-refractivity contribution is 6.04. The van der Waals surface area contributed by atoms with Crippen molar-refractivity contribution in [2.75, 3.05) is 29.3 Å². The van der Waals surface area contributed by atoms with Crippen molar-refractivity contribution in [3.05, 3.63) is 30.0 Å². The number of ether oxygens (including phenoxy) is 2. The van der Waals surface area contributed by atoms with Gasteiger partial charge in [-0.15, -0.1) is 0 Å². The normalized spacial score (nSPS) is 22.4. The van der Waals surface area contributed by atoms with Crippen LogP contribution in [0.25, 0.3) is 0 Å². The topological polar surface area (TPSA) is 155 Å². The molecule has 2 atom stereocenters. The van der Waals surface area contributed by atoms with Gasteiger partial charge in [0.15, 0.2) is 5.82 Å². The third-order valence-electron chi connectivity index (χ3n) is 12.0. The lowest BCUT2D eigenvalue weighted by Gasteiger charge is -2.43. The SMILES string of the molecule is CC[C@@H]1C(=O)N(C)c2cnc(Nc3ccc(C(=O)N[C@H]4CC[C@@H](CCC(=O)N[C@@H](CC(C)C)C(=O)OC5CCCC5)CC4)cc3OC)nc2N1C1CCCC1. The smallest absolute Gasteiger partial charge is 0.328 e. The minimum absolute atomic E-state index is 0.0200. The molecule has 3 amide bonds. The van der Waals surface area contributed by atoms with Gasteiger partial charge in [-0.05, 0) is 114 Å². The van der Waals surface area contributed by atoms with Crippen molar-refractivity contribution in [3.63, 3.8) is 0 Å². The van der Waals surface area contributed by atoms with Crippen molar-refractivity contribution in [1.29, 1.82) is 0 Å². The summed E-state index contributed by atoms with van der Waals surface area (Å²) in [6, 6.07) is 4.75. The van der Waals surface area contributed by atoms with E-state index >= 15 is 0 Å². The van der Waals surface area contributed by atoms with E-state index in [1.165, 1.54) is 0 Å². The molecule has 0 radical (unpaired) electrons. The molecule has 4 aliphatic rings. The zero-order valence-corrected chi connectivity index (χ0v) is 33.4. The average Bonchev–Trinajstić information content (AvgIpc) is 3.91. The Kier molecular flexibility index (Phi) is 13.5. The second kappa shape index (κ2) is 18.5. The first-order valence-corrected chi connectivity index (χ1v) is 20.7. The molecule has 3 N–H and O–H groups in total. The fourth-order valence-corrected chi connectivity index (χ4v) is 8.90. The number of carbonyl (C=O) groups is 4. The maximum absolute atomic E-state index is 13.4. The molecule has 55 heavy (non-hydrogen) atoms. The number of anilines is 4. The van der Waals surface area contributed by atoms with Crippen molar-refractivity contribution in [1.82, 2.24) is 20.6 Å². The first kappa shape index (κ1) is 40.2. The lowest BCUT2D eigenvalue weighted by molar-refractivity contribution is -0.153. The standard InChI is InChI=1S/C42H61N7O6/c1-6-34-40(52)48(4)35-25-43-42(47-38(35)49(34)30-11-7-8-12-30)46-32-21-18-28(24-36(32)54-5)39(51)44-29-19-15-27(16-20-29)17-22-37(50)45-33(23-26(2)3)41(53)55-31-13-9-10-14-31/h18,21,24-27,29-31,33-34H,6-17,19-20,22-23H2,1-5H3,(H,44,51)(H,45,50)(H,43,46,47)/t27-,29+,33-,34+/m0/s1. The van der Waals surface area contributed by atoms with Crippen molar-refractivity contribution in [3.8, 4) is 5.75 Å². The summed E-state index contributed by atoms with van der Waals surface area (Å²) in [5.41, 5.74) is 1.83. The molecule has 0 saturated heterocycles. The zero-order chi connectivity index (χ0) is 39.1. The molecule has 0 spiro atoms. The van der Waals surface area contributed by atoms with Crippen LogP contribution in [0.5, 0.6) is 5.75 Å². The predicted octanol–water partition coefficient (Wildman–Crippen LogP) is 6.82. The number of fused-ring (bicyclic) bond motifs is 1. The Bertz CT molecular complexity index is 1670. The number of aromatic nitrogens is 2. The monoisotopic (exact) mass is 759 g/mol. The Morgan fingerprint density at radius 2 is 1.69 bits per heavy atom. The van der Waals surface area contributed by atoms with E-state index in [1.807, 2.05) is 20.8 Å². The summed E-state index contributed by atoms with van der Waals surface area (Å²) in [6.07, 6.45) is 15.9. The summed E-state index contributed by atoms with van der Waals surface area (Å²) in [6.45, 7) is 6.14. The third-order valence-corrected chi connectivity index (χ3v) is 12.0. The van der Waals surface area contributed by atoms with E-state index in [0.717, 1.165) is 89.3 Å². The van der Waals surface area contributed by atoms with Crippen molar-refractivity contribution in [2.45, 2.75) is 154 Å². The number of methoxy groups -OCH3 is 1. The molecule has 2 heterocycles. The van der Waals surface area contributed by atoms with E-state index in [9.17, 15) is 19.2 Å².